The van der Waals surface area contributed by atoms with Crippen molar-refractivity contribution in [3.63, 3.8) is 0 Å². The zero-order chi connectivity index (χ0) is 22.2. The number of hydrogen-bond acceptors (Lipinski definition) is 4. The number of carbonyl (C=O) groups is 1. The predicted molar refractivity (Wildman–Crippen MR) is 109 cm³/mol. The van der Waals surface area contributed by atoms with E-state index in [0.717, 1.165) is 43.9 Å². The van der Waals surface area contributed by atoms with Crippen LogP contribution in [0.2, 0.25) is 0 Å². The van der Waals surface area contributed by atoms with Crippen molar-refractivity contribution < 1.29 is 26.4 Å². The Morgan fingerprint density at radius 2 is 1.61 bits per heavy atom. The lowest BCUT2D eigenvalue weighted by molar-refractivity contribution is -0.137. The van der Waals surface area contributed by atoms with E-state index in [9.17, 15) is 26.4 Å². The molecular formula is C21H22F3N3O3S. The summed E-state index contributed by atoms with van der Waals surface area (Å²) in [6.45, 7) is 1.42. The van der Waals surface area contributed by atoms with Gasteiger partial charge in [-0.3, -0.25) is 4.79 Å². The Kier molecular flexibility index (Phi) is 5.69. The molecule has 0 aromatic heterocycles. The van der Waals surface area contributed by atoms with Gasteiger partial charge in [0.1, 0.15) is 11.1 Å². The summed E-state index contributed by atoms with van der Waals surface area (Å²) in [6.07, 6.45) is -1.39. The van der Waals surface area contributed by atoms with Crippen LogP contribution in [0.5, 0.6) is 0 Å². The fourth-order valence-electron chi connectivity index (χ4n) is 3.88. The van der Waals surface area contributed by atoms with Crippen LogP contribution in [0.25, 0.3) is 0 Å². The molecule has 2 aromatic carbocycles. The van der Waals surface area contributed by atoms with Crippen LogP contribution in [0.15, 0.2) is 47.4 Å². The minimum absolute atomic E-state index is 0.0780. The van der Waals surface area contributed by atoms with Crippen LogP contribution in [0, 0.1) is 0 Å². The highest BCUT2D eigenvalue weighted by molar-refractivity contribution is 7.89. The molecule has 166 valence electrons. The van der Waals surface area contributed by atoms with E-state index in [1.807, 2.05) is 4.90 Å². The van der Waals surface area contributed by atoms with E-state index >= 15 is 0 Å². The highest BCUT2D eigenvalue weighted by atomic mass is 32.2. The zero-order valence-corrected chi connectivity index (χ0v) is 17.4. The van der Waals surface area contributed by atoms with Gasteiger partial charge in [-0.25, -0.2) is 8.42 Å². The van der Waals surface area contributed by atoms with Crippen molar-refractivity contribution in [1.82, 2.24) is 9.62 Å². The van der Waals surface area contributed by atoms with Crippen LogP contribution < -0.4 is 10.0 Å². The maximum atomic E-state index is 13.0. The summed E-state index contributed by atoms with van der Waals surface area (Å²) < 4.78 is 66.6. The topological polar surface area (TPSA) is 78.5 Å². The Labute approximate surface area is 178 Å². The first-order chi connectivity index (χ1) is 14.6. The number of nitrogens with zero attached hydrogens (tertiary/aromatic N) is 1. The van der Waals surface area contributed by atoms with Gasteiger partial charge in [-0.15, -0.1) is 0 Å². The number of rotatable bonds is 2. The van der Waals surface area contributed by atoms with Gasteiger partial charge in [0.05, 0.1) is 11.3 Å². The smallest absolute Gasteiger partial charge is 0.364 e. The lowest BCUT2D eigenvalue weighted by Crippen LogP contribution is -2.38. The predicted octanol–water partition coefficient (Wildman–Crippen LogP) is 4.12. The highest BCUT2D eigenvalue weighted by Crippen LogP contribution is 2.37. The lowest BCUT2D eigenvalue weighted by atomic mass is 10.1. The van der Waals surface area contributed by atoms with Crippen molar-refractivity contribution in [3.8, 4) is 0 Å². The van der Waals surface area contributed by atoms with Gasteiger partial charge < -0.3 is 10.2 Å². The second kappa shape index (κ2) is 8.16. The summed E-state index contributed by atoms with van der Waals surface area (Å²) in [5.41, 5.74) is -0.0839. The van der Waals surface area contributed by atoms with Gasteiger partial charge >= 0.3 is 6.18 Å². The van der Waals surface area contributed by atoms with Crippen molar-refractivity contribution in [2.75, 3.05) is 18.4 Å². The number of sulfonamides is 1. The lowest BCUT2D eigenvalue weighted by Gasteiger charge is -2.29. The SMILES string of the molecule is O=C(c1ccc([C@@H]2Nc3cc(C(F)(F)F)ccc3S(=O)(=O)N2)cc1)N1CCCCCC1. The van der Waals surface area contributed by atoms with E-state index in [0.29, 0.717) is 24.2 Å². The maximum absolute atomic E-state index is 13.0. The molecule has 2 aliphatic heterocycles. The van der Waals surface area contributed by atoms with Gasteiger partial charge in [0.15, 0.2) is 0 Å². The molecule has 2 aliphatic rings. The van der Waals surface area contributed by atoms with Crippen LogP contribution in [0.3, 0.4) is 0 Å². The number of halogens is 3. The van der Waals surface area contributed by atoms with Crippen LogP contribution in [-0.2, 0) is 16.2 Å². The summed E-state index contributed by atoms with van der Waals surface area (Å²) in [4.78, 5) is 14.3. The normalized spacial score (nSPS) is 21.0. The molecule has 1 amide bonds. The molecule has 1 atom stereocenters. The number of anilines is 1. The molecule has 0 aliphatic carbocycles. The van der Waals surface area contributed by atoms with Gasteiger partial charge in [-0.05, 0) is 48.7 Å². The molecule has 1 saturated heterocycles. The third-order valence-corrected chi connectivity index (χ3v) is 7.03. The van der Waals surface area contributed by atoms with E-state index in [1.54, 1.807) is 24.3 Å². The van der Waals surface area contributed by atoms with Crippen LogP contribution in [0.4, 0.5) is 18.9 Å². The molecule has 0 bridgehead atoms. The Morgan fingerprint density at radius 3 is 2.23 bits per heavy atom. The second-order valence-electron chi connectivity index (χ2n) is 7.74. The second-order valence-corrected chi connectivity index (χ2v) is 9.42. The molecule has 2 heterocycles. The van der Waals surface area contributed by atoms with Gasteiger partial charge in [-0.1, -0.05) is 25.0 Å². The van der Waals surface area contributed by atoms with E-state index in [2.05, 4.69) is 10.0 Å². The quantitative estimate of drug-likeness (QED) is 0.717. The summed E-state index contributed by atoms with van der Waals surface area (Å²) in [5, 5.41) is 2.82. The maximum Gasteiger partial charge on any atom is 0.416 e. The number of hydrogen-bond donors (Lipinski definition) is 2. The van der Waals surface area contributed by atoms with Gasteiger partial charge in [-0.2, -0.15) is 17.9 Å². The number of amides is 1. The van der Waals surface area contributed by atoms with E-state index in [4.69, 9.17) is 0 Å². The number of alkyl halides is 3. The molecule has 0 unspecified atom stereocenters. The molecule has 1 fully saturated rings. The minimum Gasteiger partial charge on any atom is -0.364 e. The number of likely N-dealkylation sites (tertiary alicyclic amines) is 1. The summed E-state index contributed by atoms with van der Waals surface area (Å²) in [7, 11) is -4.00. The largest absolute Gasteiger partial charge is 0.416 e. The molecule has 31 heavy (non-hydrogen) atoms. The van der Waals surface area contributed by atoms with Crippen LogP contribution in [-0.4, -0.2) is 32.3 Å². The van der Waals surface area contributed by atoms with Crippen LogP contribution >= 0.6 is 0 Å². The van der Waals surface area contributed by atoms with Crippen molar-refractivity contribution in [2.45, 2.75) is 42.9 Å². The van der Waals surface area contributed by atoms with Crippen molar-refractivity contribution >= 4 is 21.6 Å². The Bertz CT molecular complexity index is 1080. The molecule has 10 heteroatoms. The van der Waals surface area contributed by atoms with E-state index in [-0.39, 0.29) is 16.5 Å². The first kappa shape index (κ1) is 21.6. The zero-order valence-electron chi connectivity index (χ0n) is 16.6. The van der Waals surface area contributed by atoms with Crippen molar-refractivity contribution in [1.29, 1.82) is 0 Å². The molecule has 2 aromatic rings. The molecular weight excluding hydrogens is 431 g/mol. The van der Waals surface area contributed by atoms with Gasteiger partial charge in [0.25, 0.3) is 5.91 Å². The molecule has 0 radical (unpaired) electrons. The molecule has 0 saturated carbocycles. The monoisotopic (exact) mass is 453 g/mol. The molecule has 2 N–H and O–H groups in total. The molecule has 6 nitrogen and oxygen atoms in total. The summed E-state index contributed by atoms with van der Waals surface area (Å²) in [5.74, 6) is -0.0780. The number of carbonyl (C=O) groups excluding carboxylic acids is 1. The number of fused-ring (bicyclic) bond motifs is 1. The average Bonchev–Trinajstić information content (AvgIpc) is 3.01. The standard InChI is InChI=1S/C21H22F3N3O3S/c22-21(23,24)16-9-10-18-17(13-16)25-19(26-31(18,29)30)14-5-7-15(8-6-14)20(28)27-11-3-1-2-4-12-27/h5-10,13,19,25-26H,1-4,11-12H2/t19-/m1/s1. The van der Waals surface area contributed by atoms with Crippen molar-refractivity contribution in [3.05, 3.63) is 59.2 Å². The van der Waals surface area contributed by atoms with Gasteiger partial charge in [0, 0.05) is 18.7 Å². The fourth-order valence-corrected chi connectivity index (χ4v) is 5.17. The first-order valence-corrected chi connectivity index (χ1v) is 11.5. The highest BCUT2D eigenvalue weighted by Gasteiger charge is 2.35. The third-order valence-electron chi connectivity index (χ3n) is 5.55. The number of nitrogens with one attached hydrogen (secondary N) is 2. The molecule has 4 rings (SSSR count). The minimum atomic E-state index is -4.59. The molecule has 0 spiro atoms. The fraction of sp³-hybridized carbons (Fsp3) is 0.381. The van der Waals surface area contributed by atoms with E-state index < -0.39 is 27.9 Å². The third kappa shape index (κ3) is 4.54. The van der Waals surface area contributed by atoms with Crippen molar-refractivity contribution in [2.24, 2.45) is 0 Å². The Morgan fingerprint density at radius 1 is 0.968 bits per heavy atom. The Hall–Kier alpha value is -2.59. The summed E-state index contributed by atoms with van der Waals surface area (Å²) in [6, 6.07) is 8.89. The van der Waals surface area contributed by atoms with Gasteiger partial charge in [0.2, 0.25) is 10.0 Å². The average molecular weight is 453 g/mol. The summed E-state index contributed by atoms with van der Waals surface area (Å²) >= 11 is 0. The van der Waals surface area contributed by atoms with E-state index in [1.165, 1.54) is 0 Å². The first-order valence-electron chi connectivity index (χ1n) is 10.0. The number of benzene rings is 2. The Balaban J connectivity index is 1.57. The van der Waals surface area contributed by atoms with Crippen LogP contribution in [0.1, 0.15) is 53.3 Å².